The molecule has 0 rings (SSSR count). The van der Waals surface area contributed by atoms with E-state index in [1.807, 2.05) is 6.08 Å². The summed E-state index contributed by atoms with van der Waals surface area (Å²) in [4.78, 5) is 12.4. The zero-order valence-corrected chi connectivity index (χ0v) is 40.5. The van der Waals surface area contributed by atoms with E-state index >= 15 is 0 Å². The maximum Gasteiger partial charge on any atom is 0.220 e. The van der Waals surface area contributed by atoms with Gasteiger partial charge in [0.1, 0.15) is 0 Å². The first-order valence-electron chi connectivity index (χ1n) is 26.9. The number of amides is 1. The number of aliphatic hydroxyl groups excluding tert-OH is 2. The van der Waals surface area contributed by atoms with Crippen LogP contribution in [0.2, 0.25) is 0 Å². The number of allylic oxidation sites excluding steroid dienone is 7. The topological polar surface area (TPSA) is 69.6 Å². The van der Waals surface area contributed by atoms with Gasteiger partial charge < -0.3 is 15.5 Å². The Labute approximate surface area is 375 Å². The van der Waals surface area contributed by atoms with Gasteiger partial charge in [0.15, 0.2) is 0 Å². The maximum atomic E-state index is 12.4. The van der Waals surface area contributed by atoms with Crippen molar-refractivity contribution in [3.8, 4) is 0 Å². The Morgan fingerprint density at radius 1 is 0.400 bits per heavy atom. The standard InChI is InChI=1S/C56H105NO3/c1-3-5-7-9-11-13-15-17-19-20-21-22-23-24-25-26-27-28-29-30-31-32-33-34-35-36-38-39-41-43-45-47-49-51-55(59)54(53-58)57-56(60)52-50-48-46-44-42-40-37-18-16-14-12-10-8-6-4-2/h12,14,18,37,41,43,49,51,54-55,58-59H,3-11,13,15-17,19-36,38-40,42,44-48,50,52-53H2,1-2H3,(H,57,60)/b14-12-,37-18-,43-41+,51-49+. The van der Waals surface area contributed by atoms with Gasteiger partial charge in [-0.1, -0.05) is 262 Å². The number of rotatable bonds is 49. The third-order valence-corrected chi connectivity index (χ3v) is 12.3. The summed E-state index contributed by atoms with van der Waals surface area (Å²) in [6.45, 7) is 4.28. The van der Waals surface area contributed by atoms with Gasteiger partial charge in [-0.15, -0.1) is 0 Å². The summed E-state index contributed by atoms with van der Waals surface area (Å²) in [7, 11) is 0. The van der Waals surface area contributed by atoms with Gasteiger partial charge >= 0.3 is 0 Å². The highest BCUT2D eigenvalue weighted by atomic mass is 16.3. The molecule has 0 saturated carbocycles. The molecular weight excluding hydrogens is 735 g/mol. The zero-order chi connectivity index (χ0) is 43.5. The predicted molar refractivity (Wildman–Crippen MR) is 267 cm³/mol. The van der Waals surface area contributed by atoms with Crippen molar-refractivity contribution in [3.63, 3.8) is 0 Å². The van der Waals surface area contributed by atoms with Crippen LogP contribution in [0.25, 0.3) is 0 Å². The monoisotopic (exact) mass is 840 g/mol. The molecule has 0 aromatic carbocycles. The van der Waals surface area contributed by atoms with Crippen LogP contribution >= 0.6 is 0 Å². The van der Waals surface area contributed by atoms with Gasteiger partial charge in [-0.3, -0.25) is 4.79 Å². The predicted octanol–water partition coefficient (Wildman–Crippen LogP) is 17.5. The quantitative estimate of drug-likeness (QED) is 0.0422. The van der Waals surface area contributed by atoms with Crippen LogP contribution in [0, 0.1) is 0 Å². The molecule has 0 heterocycles. The van der Waals surface area contributed by atoms with E-state index < -0.39 is 12.1 Å². The number of aliphatic hydroxyl groups is 2. The van der Waals surface area contributed by atoms with Gasteiger partial charge in [-0.25, -0.2) is 0 Å². The Balaban J connectivity index is 3.49. The lowest BCUT2D eigenvalue weighted by Crippen LogP contribution is -2.45. The van der Waals surface area contributed by atoms with Gasteiger partial charge in [0.2, 0.25) is 5.91 Å². The van der Waals surface area contributed by atoms with Crippen molar-refractivity contribution >= 4 is 5.91 Å². The smallest absolute Gasteiger partial charge is 0.220 e. The minimum Gasteiger partial charge on any atom is -0.394 e. The molecule has 0 aromatic heterocycles. The zero-order valence-electron chi connectivity index (χ0n) is 40.5. The molecule has 2 atom stereocenters. The highest BCUT2D eigenvalue weighted by molar-refractivity contribution is 5.76. The van der Waals surface area contributed by atoms with Crippen molar-refractivity contribution in [1.29, 1.82) is 0 Å². The minimum absolute atomic E-state index is 0.0868. The van der Waals surface area contributed by atoms with Crippen molar-refractivity contribution in [3.05, 3.63) is 48.6 Å². The molecule has 3 N–H and O–H groups in total. The van der Waals surface area contributed by atoms with Crippen LogP contribution in [-0.2, 0) is 4.79 Å². The summed E-state index contributed by atoms with van der Waals surface area (Å²) in [5.41, 5.74) is 0. The Kier molecular flexibility index (Phi) is 50.3. The number of carbonyl (C=O) groups excluding carboxylic acids is 1. The molecule has 0 fully saturated rings. The van der Waals surface area contributed by atoms with Crippen molar-refractivity contribution < 1.29 is 15.0 Å². The first-order valence-corrected chi connectivity index (χ1v) is 26.9. The van der Waals surface area contributed by atoms with Crippen LogP contribution in [-0.4, -0.2) is 34.9 Å². The van der Waals surface area contributed by atoms with Crippen LogP contribution in [0.15, 0.2) is 48.6 Å². The second kappa shape index (κ2) is 51.7. The fraction of sp³-hybridized carbons (Fsp3) is 0.839. The van der Waals surface area contributed by atoms with E-state index in [1.165, 1.54) is 212 Å². The molecule has 0 bridgehead atoms. The summed E-state index contributed by atoms with van der Waals surface area (Å²) in [5, 5.41) is 23.1. The van der Waals surface area contributed by atoms with E-state index in [2.05, 4.69) is 55.6 Å². The van der Waals surface area contributed by atoms with Gasteiger partial charge in [-0.2, -0.15) is 0 Å². The highest BCUT2D eigenvalue weighted by Gasteiger charge is 2.17. The molecule has 4 nitrogen and oxygen atoms in total. The fourth-order valence-electron chi connectivity index (χ4n) is 8.17. The summed E-state index contributed by atoms with van der Waals surface area (Å²) >= 11 is 0. The molecule has 60 heavy (non-hydrogen) atoms. The normalized spacial score (nSPS) is 13.2. The number of nitrogens with one attached hydrogen (secondary N) is 1. The molecule has 352 valence electrons. The molecule has 0 radical (unpaired) electrons. The Morgan fingerprint density at radius 3 is 1.10 bits per heavy atom. The molecule has 0 spiro atoms. The van der Waals surface area contributed by atoms with E-state index in [1.54, 1.807) is 6.08 Å². The van der Waals surface area contributed by atoms with Crippen molar-refractivity contribution in [1.82, 2.24) is 5.32 Å². The maximum absolute atomic E-state index is 12.4. The van der Waals surface area contributed by atoms with Crippen LogP contribution in [0.5, 0.6) is 0 Å². The SMILES string of the molecule is CCCCC/C=C\C/C=C\CCCCCCCC(=O)NC(CO)C(O)/C=C/CC/C=C/CCCCCCCCCCCCCCCCCCCCCCCCCCCCC. The van der Waals surface area contributed by atoms with Crippen molar-refractivity contribution in [2.24, 2.45) is 0 Å². The molecule has 0 aromatic rings. The van der Waals surface area contributed by atoms with Crippen LogP contribution in [0.3, 0.4) is 0 Å². The van der Waals surface area contributed by atoms with Crippen LogP contribution < -0.4 is 5.32 Å². The largest absolute Gasteiger partial charge is 0.394 e. The number of hydrogen-bond acceptors (Lipinski definition) is 3. The van der Waals surface area contributed by atoms with E-state index in [9.17, 15) is 15.0 Å². The van der Waals surface area contributed by atoms with Crippen LogP contribution in [0.1, 0.15) is 284 Å². The van der Waals surface area contributed by atoms with E-state index in [-0.39, 0.29) is 12.5 Å². The van der Waals surface area contributed by atoms with E-state index in [0.29, 0.717) is 6.42 Å². The summed E-state index contributed by atoms with van der Waals surface area (Å²) in [6, 6.07) is -0.648. The summed E-state index contributed by atoms with van der Waals surface area (Å²) in [5.74, 6) is -0.0868. The molecule has 0 aliphatic rings. The van der Waals surface area contributed by atoms with Crippen molar-refractivity contribution in [2.45, 2.75) is 296 Å². The lowest BCUT2D eigenvalue weighted by atomic mass is 10.0. The van der Waals surface area contributed by atoms with Gasteiger partial charge in [-0.05, 0) is 64.2 Å². The Bertz CT molecular complexity index is 954. The number of unbranched alkanes of at least 4 members (excludes halogenated alkanes) is 36. The number of carbonyl (C=O) groups is 1. The summed E-state index contributed by atoms with van der Waals surface area (Å²) in [6.07, 6.45) is 71.3. The molecule has 2 unspecified atom stereocenters. The Morgan fingerprint density at radius 2 is 0.700 bits per heavy atom. The third-order valence-electron chi connectivity index (χ3n) is 12.3. The lowest BCUT2D eigenvalue weighted by Gasteiger charge is -2.19. The van der Waals surface area contributed by atoms with Gasteiger partial charge in [0.05, 0.1) is 18.8 Å². The molecule has 1 amide bonds. The van der Waals surface area contributed by atoms with Crippen LogP contribution in [0.4, 0.5) is 0 Å². The van der Waals surface area contributed by atoms with Gasteiger partial charge in [0.25, 0.3) is 0 Å². The molecular formula is C56H105NO3. The lowest BCUT2D eigenvalue weighted by molar-refractivity contribution is -0.123. The fourth-order valence-corrected chi connectivity index (χ4v) is 8.17. The average molecular weight is 840 g/mol. The molecule has 4 heteroatoms. The number of hydrogen-bond donors (Lipinski definition) is 3. The minimum atomic E-state index is -0.869. The van der Waals surface area contributed by atoms with Crippen molar-refractivity contribution in [2.75, 3.05) is 6.61 Å². The first kappa shape index (κ1) is 58.4. The highest BCUT2D eigenvalue weighted by Crippen LogP contribution is 2.17. The second-order valence-corrected chi connectivity index (χ2v) is 18.3. The second-order valence-electron chi connectivity index (χ2n) is 18.3. The third kappa shape index (κ3) is 47.4. The molecule has 0 saturated heterocycles. The average Bonchev–Trinajstić information content (AvgIpc) is 3.25. The Hall–Kier alpha value is -1.65. The molecule has 0 aliphatic heterocycles. The first-order chi connectivity index (χ1) is 29.7. The molecule has 0 aliphatic carbocycles. The van der Waals surface area contributed by atoms with E-state index in [4.69, 9.17) is 0 Å². The van der Waals surface area contributed by atoms with Gasteiger partial charge in [0, 0.05) is 6.42 Å². The summed E-state index contributed by atoms with van der Waals surface area (Å²) < 4.78 is 0. The van der Waals surface area contributed by atoms with E-state index in [0.717, 1.165) is 51.4 Å².